The zero-order valence-corrected chi connectivity index (χ0v) is 18.2. The Bertz CT molecular complexity index is 1280. The number of rotatable bonds is 3. The van der Waals surface area contributed by atoms with Gasteiger partial charge in [0.1, 0.15) is 0 Å². The molecule has 0 saturated heterocycles. The van der Waals surface area contributed by atoms with Gasteiger partial charge in [-0.15, -0.1) is 0 Å². The van der Waals surface area contributed by atoms with Crippen molar-refractivity contribution >= 4 is 0 Å². The van der Waals surface area contributed by atoms with Crippen molar-refractivity contribution < 1.29 is 0 Å². The van der Waals surface area contributed by atoms with E-state index in [-0.39, 0.29) is 0 Å². The summed E-state index contributed by atoms with van der Waals surface area (Å²) in [6.07, 6.45) is 0. The smallest absolute Gasteiger partial charge is 0.0715 e. The minimum Gasteiger partial charge on any atom is -0.248 e. The molecule has 1 heterocycles. The van der Waals surface area contributed by atoms with Gasteiger partial charge in [-0.25, -0.2) is 4.98 Å². The molecule has 1 heteroatoms. The van der Waals surface area contributed by atoms with Crippen LogP contribution in [0, 0.1) is 20.8 Å². The molecule has 0 fully saturated rings. The summed E-state index contributed by atoms with van der Waals surface area (Å²) in [5.41, 5.74) is 13.3. The van der Waals surface area contributed by atoms with E-state index in [1.165, 1.54) is 38.9 Å². The molecule has 0 atom stereocenters. The van der Waals surface area contributed by atoms with Gasteiger partial charge in [0.2, 0.25) is 0 Å². The van der Waals surface area contributed by atoms with Crippen molar-refractivity contribution in [2.75, 3.05) is 0 Å². The van der Waals surface area contributed by atoms with Crippen LogP contribution < -0.4 is 0 Å². The van der Waals surface area contributed by atoms with Crippen LogP contribution in [-0.4, -0.2) is 4.98 Å². The van der Waals surface area contributed by atoms with Crippen LogP contribution in [0.25, 0.3) is 44.8 Å². The molecule has 0 radical (unpaired) electrons. The van der Waals surface area contributed by atoms with Gasteiger partial charge in [0.15, 0.2) is 0 Å². The number of aryl methyl sites for hydroxylation is 3. The maximum atomic E-state index is 5.03. The van der Waals surface area contributed by atoms with E-state index in [0.29, 0.717) is 0 Å². The van der Waals surface area contributed by atoms with Gasteiger partial charge in [-0.1, -0.05) is 90.5 Å². The molecule has 0 amide bonds. The SMILES string of the molecule is Cc1cc(C)c2ccc(-c3cc(-c4ccccc4)nc(-c4ccccc4)c3)c-2c(C)c1. The van der Waals surface area contributed by atoms with Crippen LogP contribution in [-0.2, 0) is 0 Å². The van der Waals surface area contributed by atoms with Gasteiger partial charge < -0.3 is 0 Å². The molecular weight excluding hydrogens is 374 g/mol. The Labute approximate surface area is 184 Å². The fourth-order valence-electron chi connectivity index (χ4n) is 4.55. The molecule has 2 aliphatic carbocycles. The number of hydrogen-bond donors (Lipinski definition) is 0. The Morgan fingerprint density at radius 1 is 0.484 bits per heavy atom. The summed E-state index contributed by atoms with van der Waals surface area (Å²) in [5.74, 6) is 0. The van der Waals surface area contributed by atoms with Gasteiger partial charge in [-0.05, 0) is 66.3 Å². The number of hydrogen-bond acceptors (Lipinski definition) is 1. The maximum Gasteiger partial charge on any atom is 0.0715 e. The molecule has 150 valence electrons. The second-order valence-corrected chi connectivity index (χ2v) is 8.29. The van der Waals surface area contributed by atoms with Crippen molar-refractivity contribution in [2.24, 2.45) is 0 Å². The first-order valence-electron chi connectivity index (χ1n) is 10.7. The third kappa shape index (κ3) is 3.64. The number of nitrogens with zero attached hydrogens (tertiary/aromatic N) is 1. The van der Waals surface area contributed by atoms with Gasteiger partial charge in [0.05, 0.1) is 11.4 Å². The Hall–Kier alpha value is -3.71. The maximum absolute atomic E-state index is 5.03. The molecule has 0 aliphatic heterocycles. The molecule has 2 aliphatic rings. The Kier molecular flexibility index (Phi) is 4.88. The van der Waals surface area contributed by atoms with Crippen LogP contribution in [0.15, 0.2) is 97.1 Å². The van der Waals surface area contributed by atoms with Gasteiger partial charge >= 0.3 is 0 Å². The number of fused-ring (bicyclic) bond motifs is 1. The van der Waals surface area contributed by atoms with Crippen molar-refractivity contribution in [2.45, 2.75) is 20.8 Å². The standard InChI is InChI=1S/C30H25N/c1-20-16-21(2)26-14-15-27(30(26)22(3)17-20)25-18-28(23-10-6-4-7-11-23)31-29(19-25)24-12-8-5-9-13-24/h4-19H,1-3H3. The Morgan fingerprint density at radius 2 is 1.00 bits per heavy atom. The van der Waals surface area contributed by atoms with E-state index in [1.54, 1.807) is 0 Å². The molecule has 31 heavy (non-hydrogen) atoms. The zero-order valence-electron chi connectivity index (χ0n) is 18.2. The lowest BCUT2D eigenvalue weighted by molar-refractivity contribution is 1.32. The summed E-state index contributed by atoms with van der Waals surface area (Å²) in [6.45, 7) is 6.59. The largest absolute Gasteiger partial charge is 0.248 e. The van der Waals surface area contributed by atoms with Gasteiger partial charge in [0, 0.05) is 11.1 Å². The predicted molar refractivity (Wildman–Crippen MR) is 131 cm³/mol. The van der Waals surface area contributed by atoms with Crippen molar-refractivity contribution in [3.05, 3.63) is 114 Å². The number of aromatic nitrogens is 1. The minimum atomic E-state index is 0.997. The van der Waals surface area contributed by atoms with E-state index in [0.717, 1.165) is 22.5 Å². The zero-order chi connectivity index (χ0) is 21.4. The Balaban J connectivity index is 1.78. The molecule has 0 bridgehead atoms. The van der Waals surface area contributed by atoms with Crippen molar-refractivity contribution in [3.8, 4) is 44.8 Å². The molecule has 3 aromatic rings. The topological polar surface area (TPSA) is 12.9 Å². The lowest BCUT2D eigenvalue weighted by Crippen LogP contribution is -1.91. The normalized spacial score (nSPS) is 11.1. The summed E-state index contributed by atoms with van der Waals surface area (Å²) in [4.78, 5) is 5.03. The van der Waals surface area contributed by atoms with Crippen LogP contribution in [0.4, 0.5) is 0 Å². The highest BCUT2D eigenvalue weighted by Crippen LogP contribution is 2.41. The molecule has 2 aromatic carbocycles. The van der Waals surface area contributed by atoms with Gasteiger partial charge in [-0.2, -0.15) is 0 Å². The molecule has 1 aromatic heterocycles. The highest BCUT2D eigenvalue weighted by molar-refractivity contribution is 5.91. The second kappa shape index (κ2) is 7.85. The molecule has 5 rings (SSSR count). The van der Waals surface area contributed by atoms with Crippen molar-refractivity contribution in [1.82, 2.24) is 4.98 Å². The summed E-state index contributed by atoms with van der Waals surface area (Å²) in [6, 6.07) is 34.4. The molecule has 0 saturated carbocycles. The number of pyridine rings is 1. The first kappa shape index (κ1) is 19.3. The van der Waals surface area contributed by atoms with E-state index in [1.807, 2.05) is 12.1 Å². The molecule has 0 N–H and O–H groups in total. The molecule has 1 nitrogen and oxygen atoms in total. The Morgan fingerprint density at radius 3 is 1.58 bits per heavy atom. The van der Waals surface area contributed by atoms with Crippen LogP contribution >= 0.6 is 0 Å². The van der Waals surface area contributed by atoms with E-state index in [9.17, 15) is 0 Å². The van der Waals surface area contributed by atoms with E-state index in [2.05, 4.69) is 106 Å². The van der Waals surface area contributed by atoms with Crippen LogP contribution in [0.3, 0.4) is 0 Å². The average molecular weight is 400 g/mol. The van der Waals surface area contributed by atoms with Crippen molar-refractivity contribution in [3.63, 3.8) is 0 Å². The van der Waals surface area contributed by atoms with Gasteiger partial charge in [0.25, 0.3) is 0 Å². The summed E-state index contributed by atoms with van der Waals surface area (Å²) in [5, 5.41) is 0. The van der Waals surface area contributed by atoms with Gasteiger partial charge in [-0.3, -0.25) is 0 Å². The van der Waals surface area contributed by atoms with Crippen LogP contribution in [0.1, 0.15) is 16.7 Å². The monoisotopic (exact) mass is 399 g/mol. The molecule has 0 unspecified atom stereocenters. The van der Waals surface area contributed by atoms with Crippen LogP contribution in [0.2, 0.25) is 0 Å². The first-order chi connectivity index (χ1) is 15.1. The highest BCUT2D eigenvalue weighted by Gasteiger charge is 2.17. The van der Waals surface area contributed by atoms with E-state index in [4.69, 9.17) is 4.98 Å². The van der Waals surface area contributed by atoms with E-state index < -0.39 is 0 Å². The summed E-state index contributed by atoms with van der Waals surface area (Å²) in [7, 11) is 0. The molecule has 0 spiro atoms. The van der Waals surface area contributed by atoms with Crippen molar-refractivity contribution in [1.29, 1.82) is 0 Å². The number of benzene rings is 2. The first-order valence-corrected chi connectivity index (χ1v) is 10.7. The quantitative estimate of drug-likeness (QED) is 0.298. The third-order valence-corrected chi connectivity index (χ3v) is 5.94. The molecular formula is C30H25N. The van der Waals surface area contributed by atoms with E-state index >= 15 is 0 Å². The third-order valence-electron chi connectivity index (χ3n) is 5.94. The average Bonchev–Trinajstić information content (AvgIpc) is 3.21. The summed E-state index contributed by atoms with van der Waals surface area (Å²) >= 11 is 0. The summed E-state index contributed by atoms with van der Waals surface area (Å²) < 4.78 is 0. The second-order valence-electron chi connectivity index (χ2n) is 8.29. The lowest BCUT2D eigenvalue weighted by Gasteiger charge is -2.12. The van der Waals surface area contributed by atoms with Crippen LogP contribution in [0.5, 0.6) is 0 Å². The predicted octanol–water partition coefficient (Wildman–Crippen LogP) is 8.11. The fraction of sp³-hybridized carbons (Fsp3) is 0.100. The lowest BCUT2D eigenvalue weighted by atomic mass is 9.95. The minimum absolute atomic E-state index is 0.997. The highest BCUT2D eigenvalue weighted by atomic mass is 14.7. The fourth-order valence-corrected chi connectivity index (χ4v) is 4.55.